The Morgan fingerprint density at radius 2 is 1.85 bits per heavy atom. The second-order valence-electron chi connectivity index (χ2n) is 4.94. The number of carboxylic acids is 1. The lowest BCUT2D eigenvalue weighted by molar-refractivity contribution is -0.141. The summed E-state index contributed by atoms with van der Waals surface area (Å²) >= 11 is 0. The van der Waals surface area contributed by atoms with Crippen LogP contribution < -0.4 is 0 Å². The Labute approximate surface area is 115 Å². The van der Waals surface area contributed by atoms with Crippen molar-refractivity contribution in [3.63, 3.8) is 0 Å². The number of hydrogen-bond acceptors (Lipinski definition) is 2. The lowest BCUT2D eigenvalue weighted by Crippen LogP contribution is -2.49. The van der Waals surface area contributed by atoms with Gasteiger partial charge in [0.25, 0.3) is 0 Å². The second kappa shape index (κ2) is 6.81. The highest BCUT2D eigenvalue weighted by Crippen LogP contribution is 2.23. The average molecular weight is 296 g/mol. The number of piperidine rings is 1. The third kappa shape index (κ3) is 5.26. The molecule has 0 aromatic heterocycles. The van der Waals surface area contributed by atoms with Crippen LogP contribution in [0.5, 0.6) is 0 Å². The van der Waals surface area contributed by atoms with E-state index in [1.54, 1.807) is 0 Å². The maximum atomic E-state index is 12.3. The van der Waals surface area contributed by atoms with Gasteiger partial charge in [0.15, 0.2) is 0 Å². The van der Waals surface area contributed by atoms with Crippen molar-refractivity contribution >= 4 is 12.0 Å². The molecular formula is C12H19F3N2O3. The van der Waals surface area contributed by atoms with Crippen LogP contribution in [-0.2, 0) is 4.79 Å². The molecule has 1 rings (SSSR count). The monoisotopic (exact) mass is 296 g/mol. The van der Waals surface area contributed by atoms with Gasteiger partial charge < -0.3 is 14.9 Å². The van der Waals surface area contributed by atoms with Gasteiger partial charge in [0.1, 0.15) is 6.54 Å². The summed E-state index contributed by atoms with van der Waals surface area (Å²) in [6.45, 7) is 0.863. The van der Waals surface area contributed by atoms with Crippen molar-refractivity contribution < 1.29 is 27.9 Å². The number of carboxylic acid groups (broad SMARTS) is 1. The van der Waals surface area contributed by atoms with Crippen molar-refractivity contribution in [2.75, 3.05) is 26.2 Å². The minimum Gasteiger partial charge on any atom is -0.481 e. The molecule has 116 valence electrons. The Morgan fingerprint density at radius 3 is 2.25 bits per heavy atom. The predicted octanol–water partition coefficient (Wildman–Crippen LogP) is 2.18. The van der Waals surface area contributed by atoms with Gasteiger partial charge in [-0.1, -0.05) is 0 Å². The highest BCUT2D eigenvalue weighted by atomic mass is 19.4. The predicted molar refractivity (Wildman–Crippen MR) is 65.2 cm³/mol. The van der Waals surface area contributed by atoms with Gasteiger partial charge in [0.2, 0.25) is 0 Å². The fourth-order valence-electron chi connectivity index (χ4n) is 2.31. The Morgan fingerprint density at radius 1 is 1.30 bits per heavy atom. The number of alkyl halides is 3. The summed E-state index contributed by atoms with van der Waals surface area (Å²) in [5.41, 5.74) is 0. The largest absolute Gasteiger partial charge is 0.481 e. The van der Waals surface area contributed by atoms with Crippen LogP contribution in [0.25, 0.3) is 0 Å². The van der Waals surface area contributed by atoms with Gasteiger partial charge in [0, 0.05) is 26.1 Å². The molecule has 1 N–H and O–H groups in total. The molecule has 1 saturated heterocycles. The van der Waals surface area contributed by atoms with Crippen LogP contribution >= 0.6 is 0 Å². The van der Waals surface area contributed by atoms with Crippen LogP contribution in [-0.4, -0.2) is 59.3 Å². The zero-order valence-electron chi connectivity index (χ0n) is 11.3. The summed E-state index contributed by atoms with van der Waals surface area (Å²) in [6, 6.07) is -0.626. The van der Waals surface area contributed by atoms with E-state index in [-0.39, 0.29) is 18.9 Å². The number of urea groups is 1. The SMILES string of the molecule is CCN(CC(F)(F)F)C(=O)N1CCC(CC(=O)O)CC1. The standard InChI is InChI=1S/C12H19F3N2O3/c1-2-16(8-12(13,14)15)11(20)17-5-3-9(4-6-17)7-10(18)19/h9H,2-8H2,1H3,(H,18,19). The molecule has 0 spiro atoms. The first-order valence-corrected chi connectivity index (χ1v) is 6.55. The van der Waals surface area contributed by atoms with Crippen molar-refractivity contribution in [3.8, 4) is 0 Å². The van der Waals surface area contributed by atoms with E-state index in [0.29, 0.717) is 25.9 Å². The van der Waals surface area contributed by atoms with Gasteiger partial charge in [-0.05, 0) is 25.7 Å². The molecule has 0 aromatic carbocycles. The molecular weight excluding hydrogens is 277 g/mol. The van der Waals surface area contributed by atoms with Crippen molar-refractivity contribution in [1.29, 1.82) is 0 Å². The number of nitrogens with zero attached hydrogens (tertiary/aromatic N) is 2. The van der Waals surface area contributed by atoms with Crippen LogP contribution in [0.15, 0.2) is 0 Å². The van der Waals surface area contributed by atoms with E-state index in [2.05, 4.69) is 0 Å². The van der Waals surface area contributed by atoms with Crippen molar-refractivity contribution in [3.05, 3.63) is 0 Å². The quantitative estimate of drug-likeness (QED) is 0.865. The average Bonchev–Trinajstić information content (AvgIpc) is 2.34. The minimum absolute atomic E-state index is 0.00533. The molecule has 0 saturated carbocycles. The first kappa shape index (κ1) is 16.6. The van der Waals surface area contributed by atoms with Crippen LogP contribution in [0.4, 0.5) is 18.0 Å². The molecule has 8 heteroatoms. The van der Waals surface area contributed by atoms with Gasteiger partial charge in [-0.15, -0.1) is 0 Å². The summed E-state index contributed by atoms with van der Waals surface area (Å²) in [7, 11) is 0. The number of carbonyl (C=O) groups is 2. The minimum atomic E-state index is -4.41. The lowest BCUT2D eigenvalue weighted by Gasteiger charge is -2.35. The molecule has 0 atom stereocenters. The van der Waals surface area contributed by atoms with Gasteiger partial charge >= 0.3 is 18.2 Å². The third-order valence-corrected chi connectivity index (χ3v) is 3.37. The molecule has 1 heterocycles. The highest BCUT2D eigenvalue weighted by molar-refractivity contribution is 5.74. The molecule has 2 amide bonds. The third-order valence-electron chi connectivity index (χ3n) is 3.37. The molecule has 0 bridgehead atoms. The Hall–Kier alpha value is -1.47. The molecule has 0 unspecified atom stereocenters. The van der Waals surface area contributed by atoms with E-state index in [0.717, 1.165) is 4.90 Å². The molecule has 0 aliphatic carbocycles. The molecule has 0 aromatic rings. The van der Waals surface area contributed by atoms with Gasteiger partial charge in [-0.2, -0.15) is 13.2 Å². The van der Waals surface area contributed by atoms with Crippen molar-refractivity contribution in [2.45, 2.75) is 32.4 Å². The molecule has 5 nitrogen and oxygen atoms in total. The van der Waals surface area contributed by atoms with Crippen molar-refractivity contribution in [1.82, 2.24) is 9.80 Å². The van der Waals surface area contributed by atoms with Crippen molar-refractivity contribution in [2.24, 2.45) is 5.92 Å². The first-order valence-electron chi connectivity index (χ1n) is 6.55. The molecule has 1 aliphatic rings. The normalized spacial score (nSPS) is 17.1. The summed E-state index contributed by atoms with van der Waals surface area (Å²) in [5.74, 6) is -0.892. The number of rotatable bonds is 4. The Bertz CT molecular complexity index is 352. The van der Waals surface area contributed by atoms with Gasteiger partial charge in [-0.3, -0.25) is 4.79 Å². The van der Waals surface area contributed by atoms with Crippen LogP contribution in [0.2, 0.25) is 0 Å². The Balaban J connectivity index is 2.50. The van der Waals surface area contributed by atoms with Crippen LogP contribution in [0, 0.1) is 5.92 Å². The Kier molecular flexibility index (Phi) is 5.64. The number of hydrogen-bond donors (Lipinski definition) is 1. The highest BCUT2D eigenvalue weighted by Gasteiger charge is 2.35. The van der Waals surface area contributed by atoms with E-state index in [4.69, 9.17) is 5.11 Å². The maximum absolute atomic E-state index is 12.3. The molecule has 20 heavy (non-hydrogen) atoms. The smallest absolute Gasteiger partial charge is 0.406 e. The lowest BCUT2D eigenvalue weighted by atomic mass is 9.94. The molecule has 1 fully saturated rings. The summed E-state index contributed by atoms with van der Waals surface area (Å²) in [4.78, 5) is 24.7. The second-order valence-corrected chi connectivity index (χ2v) is 4.94. The van der Waals surface area contributed by atoms with Gasteiger partial charge in [-0.25, -0.2) is 4.79 Å². The van der Waals surface area contributed by atoms with E-state index in [9.17, 15) is 22.8 Å². The number of halogens is 3. The van der Waals surface area contributed by atoms with Gasteiger partial charge in [0.05, 0.1) is 0 Å². The van der Waals surface area contributed by atoms with E-state index in [1.165, 1.54) is 11.8 Å². The van der Waals surface area contributed by atoms with Crippen LogP contribution in [0.3, 0.4) is 0 Å². The van der Waals surface area contributed by atoms with E-state index >= 15 is 0 Å². The first-order chi connectivity index (χ1) is 9.23. The van der Waals surface area contributed by atoms with E-state index in [1.807, 2.05) is 0 Å². The fraction of sp³-hybridized carbons (Fsp3) is 0.833. The maximum Gasteiger partial charge on any atom is 0.406 e. The van der Waals surface area contributed by atoms with E-state index < -0.39 is 24.7 Å². The summed E-state index contributed by atoms with van der Waals surface area (Å²) in [5, 5.41) is 8.68. The molecule has 1 aliphatic heterocycles. The summed E-state index contributed by atoms with van der Waals surface area (Å²) < 4.78 is 37.0. The zero-order valence-corrected chi connectivity index (χ0v) is 11.3. The number of amides is 2. The summed E-state index contributed by atoms with van der Waals surface area (Å²) in [6.07, 6.45) is -3.33. The fourth-order valence-corrected chi connectivity index (χ4v) is 2.31. The number of aliphatic carboxylic acids is 1. The zero-order chi connectivity index (χ0) is 15.3. The topological polar surface area (TPSA) is 60.9 Å². The number of likely N-dealkylation sites (tertiary alicyclic amines) is 1. The van der Waals surface area contributed by atoms with Crippen LogP contribution in [0.1, 0.15) is 26.2 Å². The molecule has 0 radical (unpaired) electrons. The number of carbonyl (C=O) groups excluding carboxylic acids is 1.